The second-order valence-electron chi connectivity index (χ2n) is 7.25. The van der Waals surface area contributed by atoms with E-state index in [1.165, 1.54) is 16.7 Å². The molecule has 23 heavy (non-hydrogen) atoms. The van der Waals surface area contributed by atoms with Gasteiger partial charge < -0.3 is 21.1 Å². The summed E-state index contributed by atoms with van der Waals surface area (Å²) < 4.78 is 0. The maximum absolute atomic E-state index is 12.7. The normalized spacial score (nSPS) is 24.3. The van der Waals surface area contributed by atoms with E-state index in [-0.39, 0.29) is 5.91 Å². The lowest BCUT2D eigenvalue weighted by Gasteiger charge is -2.38. The summed E-state index contributed by atoms with van der Waals surface area (Å²) in [6.45, 7) is 7.30. The molecule has 0 aromatic heterocycles. The molecule has 1 aromatic carbocycles. The van der Waals surface area contributed by atoms with E-state index in [9.17, 15) is 9.90 Å². The van der Waals surface area contributed by atoms with Gasteiger partial charge in [0.1, 0.15) is 0 Å². The number of fused-ring (bicyclic) bond motifs is 1. The van der Waals surface area contributed by atoms with Crippen LogP contribution in [0.2, 0.25) is 0 Å². The van der Waals surface area contributed by atoms with Crippen LogP contribution in [-0.4, -0.2) is 36.2 Å². The van der Waals surface area contributed by atoms with E-state index in [2.05, 4.69) is 28.1 Å². The average molecular weight is 317 g/mol. The summed E-state index contributed by atoms with van der Waals surface area (Å²) in [5.74, 6) is -0.0877. The van der Waals surface area contributed by atoms with Crippen LogP contribution in [-0.2, 0) is 24.3 Å². The monoisotopic (exact) mass is 317 g/mol. The Hall–Kier alpha value is -1.43. The zero-order valence-corrected chi connectivity index (χ0v) is 14.0. The predicted molar refractivity (Wildman–Crippen MR) is 89.9 cm³/mol. The maximum Gasteiger partial charge on any atom is 0.228 e. The summed E-state index contributed by atoms with van der Waals surface area (Å²) in [5.41, 5.74) is 2.07. The number of hydrogen-bond donors (Lipinski definition) is 4. The van der Waals surface area contributed by atoms with Gasteiger partial charge in [0.15, 0.2) is 0 Å². The Balaban J connectivity index is 1.70. The molecule has 0 spiro atoms. The third-order valence-electron chi connectivity index (χ3n) is 5.54. The van der Waals surface area contributed by atoms with Gasteiger partial charge in [-0.05, 0) is 56.5 Å². The topological polar surface area (TPSA) is 73.4 Å². The molecule has 2 aliphatic heterocycles. The Morgan fingerprint density at radius 3 is 2.91 bits per heavy atom. The summed E-state index contributed by atoms with van der Waals surface area (Å²) >= 11 is 0. The van der Waals surface area contributed by atoms with Gasteiger partial charge in [0, 0.05) is 19.6 Å². The summed E-state index contributed by atoms with van der Waals surface area (Å²) in [5, 5.41) is 20.3. The number of carbonyl (C=O) groups excluding carboxylic acids is 1. The van der Waals surface area contributed by atoms with Crippen molar-refractivity contribution in [3.05, 3.63) is 34.9 Å². The smallest absolute Gasteiger partial charge is 0.228 e. The van der Waals surface area contributed by atoms with Gasteiger partial charge in [0.05, 0.1) is 11.0 Å². The van der Waals surface area contributed by atoms with Crippen molar-refractivity contribution in [3.8, 4) is 0 Å². The number of aliphatic hydroxyl groups is 1. The molecule has 2 aliphatic rings. The molecule has 0 bridgehead atoms. The van der Waals surface area contributed by atoms with Crippen LogP contribution in [0, 0.1) is 5.41 Å². The van der Waals surface area contributed by atoms with Gasteiger partial charge in [0.2, 0.25) is 5.91 Å². The van der Waals surface area contributed by atoms with Crippen molar-refractivity contribution in [3.63, 3.8) is 0 Å². The molecule has 3 rings (SSSR count). The molecule has 1 amide bonds. The summed E-state index contributed by atoms with van der Waals surface area (Å²) in [6, 6.07) is 6.28. The highest BCUT2D eigenvalue weighted by atomic mass is 16.3. The largest absolute Gasteiger partial charge is 0.387 e. The summed E-state index contributed by atoms with van der Waals surface area (Å²) in [4.78, 5) is 12.7. The molecule has 0 aliphatic carbocycles. The Kier molecular flexibility index (Phi) is 4.45. The van der Waals surface area contributed by atoms with Crippen LogP contribution in [0.25, 0.3) is 0 Å². The van der Waals surface area contributed by atoms with E-state index in [1.54, 1.807) is 0 Å². The van der Waals surface area contributed by atoms with Crippen molar-refractivity contribution in [1.82, 2.24) is 16.0 Å². The molecule has 0 radical (unpaired) electrons. The molecule has 5 nitrogen and oxygen atoms in total. The lowest BCUT2D eigenvalue weighted by atomic mass is 9.73. The van der Waals surface area contributed by atoms with Crippen LogP contribution >= 0.6 is 0 Å². The van der Waals surface area contributed by atoms with Crippen LogP contribution in [0.5, 0.6) is 0 Å². The number of amides is 1. The molecule has 4 N–H and O–H groups in total. The van der Waals surface area contributed by atoms with Crippen LogP contribution in [0.4, 0.5) is 0 Å². The first-order valence-electron chi connectivity index (χ1n) is 8.46. The van der Waals surface area contributed by atoms with Crippen molar-refractivity contribution in [2.24, 2.45) is 5.41 Å². The number of carbonyl (C=O) groups is 1. The molecule has 126 valence electrons. The van der Waals surface area contributed by atoms with Gasteiger partial charge in [-0.1, -0.05) is 18.2 Å². The van der Waals surface area contributed by atoms with Crippen molar-refractivity contribution < 1.29 is 9.90 Å². The van der Waals surface area contributed by atoms with Gasteiger partial charge in [-0.3, -0.25) is 4.79 Å². The van der Waals surface area contributed by atoms with Gasteiger partial charge in [-0.15, -0.1) is 0 Å². The molecule has 1 unspecified atom stereocenters. The molecule has 1 aromatic rings. The lowest BCUT2D eigenvalue weighted by Crippen LogP contribution is -2.54. The van der Waals surface area contributed by atoms with Gasteiger partial charge in [-0.25, -0.2) is 0 Å². The third-order valence-corrected chi connectivity index (χ3v) is 5.54. The lowest BCUT2D eigenvalue weighted by molar-refractivity contribution is -0.144. The van der Waals surface area contributed by atoms with E-state index in [0.717, 1.165) is 26.1 Å². The van der Waals surface area contributed by atoms with E-state index in [0.29, 0.717) is 19.5 Å². The highest BCUT2D eigenvalue weighted by Gasteiger charge is 2.50. The number of rotatable bonds is 4. The molecule has 0 saturated carbocycles. The highest BCUT2D eigenvalue weighted by molar-refractivity contribution is 5.83. The average Bonchev–Trinajstić information content (AvgIpc) is 3.01. The minimum absolute atomic E-state index is 0.0877. The summed E-state index contributed by atoms with van der Waals surface area (Å²) in [7, 11) is 0. The van der Waals surface area contributed by atoms with Crippen molar-refractivity contribution in [2.75, 3.05) is 19.6 Å². The van der Waals surface area contributed by atoms with E-state index >= 15 is 0 Å². The molecule has 2 heterocycles. The fourth-order valence-electron chi connectivity index (χ4n) is 3.60. The van der Waals surface area contributed by atoms with Gasteiger partial charge in [0.25, 0.3) is 0 Å². The molecule has 5 heteroatoms. The second-order valence-corrected chi connectivity index (χ2v) is 7.25. The van der Waals surface area contributed by atoms with Crippen LogP contribution in [0.1, 0.15) is 37.0 Å². The van der Waals surface area contributed by atoms with Crippen LogP contribution < -0.4 is 16.0 Å². The number of hydrogen-bond acceptors (Lipinski definition) is 4. The molecular formula is C18H27N3O2. The van der Waals surface area contributed by atoms with Crippen molar-refractivity contribution >= 4 is 5.91 Å². The van der Waals surface area contributed by atoms with Crippen molar-refractivity contribution in [2.45, 2.75) is 45.4 Å². The predicted octanol–water partition coefficient (Wildman–Crippen LogP) is 0.699. The first-order valence-corrected chi connectivity index (χ1v) is 8.46. The molecule has 1 atom stereocenters. The van der Waals surface area contributed by atoms with E-state index in [4.69, 9.17) is 0 Å². The number of benzene rings is 1. The van der Waals surface area contributed by atoms with Gasteiger partial charge >= 0.3 is 0 Å². The minimum Gasteiger partial charge on any atom is -0.387 e. The highest BCUT2D eigenvalue weighted by Crippen LogP contribution is 2.36. The quantitative estimate of drug-likeness (QED) is 0.660. The Morgan fingerprint density at radius 1 is 1.35 bits per heavy atom. The maximum atomic E-state index is 12.7. The number of nitrogens with one attached hydrogen (secondary N) is 3. The third kappa shape index (κ3) is 3.01. The molecule has 1 fully saturated rings. The molecule has 1 saturated heterocycles. The Labute approximate surface area is 137 Å². The fourth-order valence-corrected chi connectivity index (χ4v) is 3.60. The van der Waals surface area contributed by atoms with Crippen LogP contribution in [0.15, 0.2) is 18.2 Å². The minimum atomic E-state index is -0.975. The summed E-state index contributed by atoms with van der Waals surface area (Å²) in [6.07, 6.45) is 1.61. The zero-order chi connectivity index (χ0) is 16.5. The van der Waals surface area contributed by atoms with Crippen LogP contribution in [0.3, 0.4) is 0 Å². The van der Waals surface area contributed by atoms with E-state index in [1.807, 2.05) is 19.9 Å². The first-order chi connectivity index (χ1) is 10.9. The SMILES string of the molecule is CC(C)(C(=O)NCc1cccc2c1CCNC2)C1(O)CCNC1. The second kappa shape index (κ2) is 6.23. The Morgan fingerprint density at radius 2 is 2.17 bits per heavy atom. The number of β-amino-alcohol motifs (C(OH)–C–C–N with tert-alkyl or cyclic N) is 1. The fraction of sp³-hybridized carbons (Fsp3) is 0.611. The standard InChI is InChI=1S/C18H27N3O2/c1-17(2,18(23)7-9-20-12-18)16(22)21-11-14-5-3-4-13-10-19-8-6-15(13)14/h3-5,19-20,23H,6-12H2,1-2H3,(H,21,22). The van der Waals surface area contributed by atoms with Gasteiger partial charge in [-0.2, -0.15) is 0 Å². The van der Waals surface area contributed by atoms with Crippen molar-refractivity contribution in [1.29, 1.82) is 0 Å². The molecular weight excluding hydrogens is 290 g/mol. The Bertz CT molecular complexity index is 592. The van der Waals surface area contributed by atoms with E-state index < -0.39 is 11.0 Å². The zero-order valence-electron chi connectivity index (χ0n) is 14.0. The first kappa shape index (κ1) is 16.4.